The normalized spacial score (nSPS) is 20.8. The van der Waals surface area contributed by atoms with Crippen molar-refractivity contribution in [2.45, 2.75) is 25.9 Å². The molecular formula is C13H17N3O2. The van der Waals surface area contributed by atoms with E-state index in [1.807, 2.05) is 36.1 Å². The number of hydrogen-bond donors (Lipinski definition) is 2. The number of imide groups is 1. The maximum Gasteiger partial charge on any atom is 0.243 e. The summed E-state index contributed by atoms with van der Waals surface area (Å²) in [6, 6.07) is 7.24. The Morgan fingerprint density at radius 2 is 2.00 bits per heavy atom. The molecule has 1 unspecified atom stereocenters. The van der Waals surface area contributed by atoms with Crippen molar-refractivity contribution in [1.82, 2.24) is 10.2 Å². The number of carbonyl (C=O) groups is 2. The SMILES string of the molecule is CCC1C(=O)NC(=O)CN1Cc1ccc(N)cc1. The molecule has 1 heterocycles. The van der Waals surface area contributed by atoms with Crippen LogP contribution in [0.5, 0.6) is 0 Å². The Labute approximate surface area is 106 Å². The lowest BCUT2D eigenvalue weighted by Crippen LogP contribution is -2.57. The smallest absolute Gasteiger partial charge is 0.243 e. The molecule has 1 saturated heterocycles. The Balaban J connectivity index is 2.12. The highest BCUT2D eigenvalue weighted by Gasteiger charge is 2.32. The molecular weight excluding hydrogens is 230 g/mol. The molecule has 2 rings (SSSR count). The van der Waals surface area contributed by atoms with Gasteiger partial charge in [0.15, 0.2) is 0 Å². The van der Waals surface area contributed by atoms with Gasteiger partial charge < -0.3 is 5.73 Å². The number of carbonyl (C=O) groups excluding carboxylic acids is 2. The van der Waals surface area contributed by atoms with Gasteiger partial charge in [-0.1, -0.05) is 19.1 Å². The Bertz CT molecular complexity index is 456. The monoisotopic (exact) mass is 247 g/mol. The highest BCUT2D eigenvalue weighted by Crippen LogP contribution is 2.15. The fraction of sp³-hybridized carbons (Fsp3) is 0.385. The fourth-order valence-electron chi connectivity index (χ4n) is 2.19. The number of anilines is 1. The molecule has 1 atom stereocenters. The first-order chi connectivity index (χ1) is 8.60. The molecule has 2 amide bonds. The van der Waals surface area contributed by atoms with E-state index in [-0.39, 0.29) is 24.4 Å². The zero-order valence-corrected chi connectivity index (χ0v) is 10.3. The molecule has 1 fully saturated rings. The zero-order valence-electron chi connectivity index (χ0n) is 10.3. The second kappa shape index (κ2) is 5.18. The Morgan fingerprint density at radius 3 is 2.61 bits per heavy atom. The molecule has 18 heavy (non-hydrogen) atoms. The number of amides is 2. The summed E-state index contributed by atoms with van der Waals surface area (Å²) in [6.07, 6.45) is 0.689. The first-order valence-electron chi connectivity index (χ1n) is 6.02. The molecule has 0 radical (unpaired) electrons. The van der Waals surface area contributed by atoms with Crippen LogP contribution < -0.4 is 11.1 Å². The number of nitrogen functional groups attached to an aromatic ring is 1. The van der Waals surface area contributed by atoms with Crippen LogP contribution >= 0.6 is 0 Å². The Kier molecular flexibility index (Phi) is 3.62. The Hall–Kier alpha value is -1.88. The fourth-order valence-corrected chi connectivity index (χ4v) is 2.19. The number of rotatable bonds is 3. The van der Waals surface area contributed by atoms with Crippen LogP contribution in [0.25, 0.3) is 0 Å². The lowest BCUT2D eigenvalue weighted by Gasteiger charge is -2.33. The number of hydrogen-bond acceptors (Lipinski definition) is 4. The third-order valence-electron chi connectivity index (χ3n) is 3.10. The third kappa shape index (κ3) is 2.68. The van der Waals surface area contributed by atoms with E-state index >= 15 is 0 Å². The van der Waals surface area contributed by atoms with Crippen molar-refractivity contribution in [3.63, 3.8) is 0 Å². The molecule has 1 aliphatic heterocycles. The standard InChI is InChI=1S/C13H17N3O2/c1-2-11-13(18)15-12(17)8-16(11)7-9-3-5-10(14)6-4-9/h3-6,11H,2,7-8,14H2,1H3,(H,15,17,18). The number of nitrogens with zero attached hydrogens (tertiary/aromatic N) is 1. The zero-order chi connectivity index (χ0) is 13.1. The molecule has 0 spiro atoms. The van der Waals surface area contributed by atoms with Crippen LogP contribution in [0.1, 0.15) is 18.9 Å². The molecule has 3 N–H and O–H groups in total. The first kappa shape index (κ1) is 12.6. The summed E-state index contributed by atoms with van der Waals surface area (Å²) in [5.74, 6) is -0.440. The summed E-state index contributed by atoms with van der Waals surface area (Å²) in [6.45, 7) is 2.78. The minimum absolute atomic E-state index is 0.204. The molecule has 0 aliphatic carbocycles. The van der Waals surface area contributed by atoms with Crippen LogP contribution in [0.4, 0.5) is 5.69 Å². The predicted octanol–water partition coefficient (Wildman–Crippen LogP) is 0.506. The maximum atomic E-state index is 11.7. The van der Waals surface area contributed by atoms with Crippen molar-refractivity contribution in [1.29, 1.82) is 0 Å². The number of nitrogens with one attached hydrogen (secondary N) is 1. The van der Waals surface area contributed by atoms with Crippen molar-refractivity contribution in [2.24, 2.45) is 0 Å². The van der Waals surface area contributed by atoms with Gasteiger partial charge in [-0.2, -0.15) is 0 Å². The molecule has 5 nitrogen and oxygen atoms in total. The lowest BCUT2D eigenvalue weighted by atomic mass is 10.1. The molecule has 0 saturated carbocycles. The van der Waals surface area contributed by atoms with Crippen LogP contribution in [0.3, 0.4) is 0 Å². The average molecular weight is 247 g/mol. The topological polar surface area (TPSA) is 75.4 Å². The molecule has 0 bridgehead atoms. The van der Waals surface area contributed by atoms with Gasteiger partial charge in [0.1, 0.15) is 0 Å². The van der Waals surface area contributed by atoms with Crippen molar-refractivity contribution < 1.29 is 9.59 Å². The maximum absolute atomic E-state index is 11.7. The van der Waals surface area contributed by atoms with Crippen LogP contribution in [-0.2, 0) is 16.1 Å². The van der Waals surface area contributed by atoms with E-state index in [0.29, 0.717) is 18.7 Å². The molecule has 96 valence electrons. The first-order valence-corrected chi connectivity index (χ1v) is 6.02. The summed E-state index contributed by atoms with van der Waals surface area (Å²) in [4.78, 5) is 25.0. The van der Waals surface area contributed by atoms with Gasteiger partial charge >= 0.3 is 0 Å². The van der Waals surface area contributed by atoms with Crippen LogP contribution in [0.15, 0.2) is 24.3 Å². The third-order valence-corrected chi connectivity index (χ3v) is 3.10. The van der Waals surface area contributed by atoms with Gasteiger partial charge in [0, 0.05) is 12.2 Å². The molecule has 0 aromatic heterocycles. The molecule has 5 heteroatoms. The average Bonchev–Trinajstić information content (AvgIpc) is 2.32. The van der Waals surface area contributed by atoms with Crippen molar-refractivity contribution in [3.05, 3.63) is 29.8 Å². The van der Waals surface area contributed by atoms with Gasteiger partial charge in [-0.25, -0.2) is 0 Å². The second-order valence-corrected chi connectivity index (χ2v) is 4.48. The van der Waals surface area contributed by atoms with E-state index in [4.69, 9.17) is 5.73 Å². The van der Waals surface area contributed by atoms with Gasteiger partial charge in [-0.15, -0.1) is 0 Å². The van der Waals surface area contributed by atoms with E-state index in [2.05, 4.69) is 5.32 Å². The minimum Gasteiger partial charge on any atom is -0.399 e. The van der Waals surface area contributed by atoms with Crippen LogP contribution in [-0.4, -0.2) is 29.3 Å². The van der Waals surface area contributed by atoms with Gasteiger partial charge in [-0.05, 0) is 24.1 Å². The quantitative estimate of drug-likeness (QED) is 0.602. The number of benzene rings is 1. The minimum atomic E-state index is -0.236. The van der Waals surface area contributed by atoms with Crippen LogP contribution in [0.2, 0.25) is 0 Å². The summed E-state index contributed by atoms with van der Waals surface area (Å²) in [5.41, 5.74) is 7.38. The second-order valence-electron chi connectivity index (χ2n) is 4.48. The van der Waals surface area contributed by atoms with Gasteiger partial charge in [-0.3, -0.25) is 19.8 Å². The number of nitrogens with two attached hydrogens (primary N) is 1. The highest BCUT2D eigenvalue weighted by molar-refractivity contribution is 6.01. The van der Waals surface area contributed by atoms with Crippen molar-refractivity contribution in [2.75, 3.05) is 12.3 Å². The van der Waals surface area contributed by atoms with Gasteiger partial charge in [0.05, 0.1) is 12.6 Å². The van der Waals surface area contributed by atoms with Crippen molar-refractivity contribution >= 4 is 17.5 Å². The van der Waals surface area contributed by atoms with E-state index in [9.17, 15) is 9.59 Å². The largest absolute Gasteiger partial charge is 0.399 e. The van der Waals surface area contributed by atoms with E-state index in [1.165, 1.54) is 0 Å². The van der Waals surface area contributed by atoms with E-state index in [1.54, 1.807) is 0 Å². The van der Waals surface area contributed by atoms with Crippen LogP contribution in [0, 0.1) is 0 Å². The summed E-state index contributed by atoms with van der Waals surface area (Å²) in [7, 11) is 0. The molecule has 1 aliphatic rings. The van der Waals surface area contributed by atoms with Crippen molar-refractivity contribution in [3.8, 4) is 0 Å². The van der Waals surface area contributed by atoms with Gasteiger partial charge in [0.2, 0.25) is 11.8 Å². The van der Waals surface area contributed by atoms with E-state index < -0.39 is 0 Å². The van der Waals surface area contributed by atoms with E-state index in [0.717, 1.165) is 5.56 Å². The predicted molar refractivity (Wildman–Crippen MR) is 68.5 cm³/mol. The lowest BCUT2D eigenvalue weighted by molar-refractivity contribution is -0.140. The summed E-state index contributed by atoms with van der Waals surface area (Å²) >= 11 is 0. The van der Waals surface area contributed by atoms with Gasteiger partial charge in [0.25, 0.3) is 0 Å². The molecule has 1 aromatic rings. The Morgan fingerprint density at radius 1 is 1.33 bits per heavy atom. The molecule has 1 aromatic carbocycles. The summed E-state index contributed by atoms with van der Waals surface area (Å²) in [5, 5.41) is 2.37. The highest BCUT2D eigenvalue weighted by atomic mass is 16.2. The summed E-state index contributed by atoms with van der Waals surface area (Å²) < 4.78 is 0. The number of piperazine rings is 1.